The van der Waals surface area contributed by atoms with E-state index in [2.05, 4.69) is 17.2 Å². The molecule has 0 aromatic heterocycles. The van der Waals surface area contributed by atoms with Gasteiger partial charge in [0.2, 0.25) is 5.91 Å². The third-order valence-electron chi connectivity index (χ3n) is 3.38. The number of amides is 1. The van der Waals surface area contributed by atoms with Crippen molar-refractivity contribution in [3.8, 4) is 0 Å². The highest BCUT2D eigenvalue weighted by Gasteiger charge is 2.18. The molecule has 0 aromatic rings. The summed E-state index contributed by atoms with van der Waals surface area (Å²) in [6, 6.07) is 0. The normalized spacial score (nSPS) is 15.3. The van der Waals surface area contributed by atoms with Crippen LogP contribution in [0.4, 0.5) is 0 Å². The van der Waals surface area contributed by atoms with Gasteiger partial charge < -0.3 is 16.0 Å². The van der Waals surface area contributed by atoms with Crippen molar-refractivity contribution in [3.05, 3.63) is 0 Å². The first-order valence-corrected chi connectivity index (χ1v) is 7.55. The SMILES string of the molecule is CCCCCCNC(N)=NCCCN1CCCC1=O.I. The van der Waals surface area contributed by atoms with E-state index in [9.17, 15) is 4.79 Å². The third kappa shape index (κ3) is 8.60. The summed E-state index contributed by atoms with van der Waals surface area (Å²) >= 11 is 0. The average molecular weight is 396 g/mol. The molecule has 0 radical (unpaired) electrons. The summed E-state index contributed by atoms with van der Waals surface area (Å²) in [6.45, 7) is 5.52. The van der Waals surface area contributed by atoms with Crippen LogP contribution in [0.2, 0.25) is 0 Å². The molecule has 0 spiro atoms. The number of unbranched alkanes of at least 4 members (excludes halogenated alkanes) is 3. The van der Waals surface area contributed by atoms with E-state index in [1.165, 1.54) is 19.3 Å². The van der Waals surface area contributed by atoms with Gasteiger partial charge in [-0.25, -0.2) is 0 Å². The maximum absolute atomic E-state index is 11.4. The zero-order chi connectivity index (χ0) is 13.9. The average Bonchev–Trinajstić information content (AvgIpc) is 2.80. The largest absolute Gasteiger partial charge is 0.370 e. The van der Waals surface area contributed by atoms with Crippen LogP contribution < -0.4 is 11.1 Å². The quantitative estimate of drug-likeness (QED) is 0.271. The van der Waals surface area contributed by atoms with E-state index < -0.39 is 0 Å². The molecule has 0 atom stereocenters. The van der Waals surface area contributed by atoms with Crippen molar-refractivity contribution in [1.29, 1.82) is 0 Å². The Morgan fingerprint density at radius 3 is 2.80 bits per heavy atom. The van der Waals surface area contributed by atoms with Crippen LogP contribution in [0.25, 0.3) is 0 Å². The van der Waals surface area contributed by atoms with E-state index in [1.54, 1.807) is 0 Å². The molecule has 3 N–H and O–H groups in total. The Hall–Kier alpha value is -0.530. The lowest BCUT2D eigenvalue weighted by atomic mass is 10.2. The van der Waals surface area contributed by atoms with E-state index in [0.29, 0.717) is 18.9 Å². The summed E-state index contributed by atoms with van der Waals surface area (Å²) < 4.78 is 0. The van der Waals surface area contributed by atoms with Crippen molar-refractivity contribution in [3.63, 3.8) is 0 Å². The second-order valence-corrected chi connectivity index (χ2v) is 5.09. The molecule has 0 aliphatic carbocycles. The fraction of sp³-hybridized carbons (Fsp3) is 0.857. The Labute approximate surface area is 139 Å². The van der Waals surface area contributed by atoms with Gasteiger partial charge in [0.15, 0.2) is 5.96 Å². The number of nitrogens with one attached hydrogen (secondary N) is 1. The number of guanidine groups is 1. The maximum Gasteiger partial charge on any atom is 0.222 e. The molecule has 5 nitrogen and oxygen atoms in total. The maximum atomic E-state index is 11.4. The number of rotatable bonds is 9. The number of nitrogens with zero attached hydrogens (tertiary/aromatic N) is 2. The fourth-order valence-corrected chi connectivity index (χ4v) is 2.23. The lowest BCUT2D eigenvalue weighted by molar-refractivity contribution is -0.127. The lowest BCUT2D eigenvalue weighted by Crippen LogP contribution is -2.33. The van der Waals surface area contributed by atoms with Gasteiger partial charge in [-0.2, -0.15) is 0 Å². The molecular formula is C14H29IN4O. The van der Waals surface area contributed by atoms with Gasteiger partial charge in [-0.05, 0) is 19.3 Å². The summed E-state index contributed by atoms with van der Waals surface area (Å²) in [6.07, 6.45) is 7.53. The summed E-state index contributed by atoms with van der Waals surface area (Å²) in [5.41, 5.74) is 5.77. The van der Waals surface area contributed by atoms with E-state index in [4.69, 9.17) is 5.73 Å². The molecule has 1 aliphatic rings. The Bertz CT molecular complexity index is 297. The van der Waals surface area contributed by atoms with Crippen molar-refractivity contribution >= 4 is 35.8 Å². The van der Waals surface area contributed by atoms with Crippen molar-refractivity contribution in [2.75, 3.05) is 26.2 Å². The van der Waals surface area contributed by atoms with Crippen LogP contribution >= 0.6 is 24.0 Å². The van der Waals surface area contributed by atoms with Gasteiger partial charge in [0, 0.05) is 32.6 Å². The summed E-state index contributed by atoms with van der Waals surface area (Å²) in [5, 5.41) is 3.13. The molecule has 1 fully saturated rings. The van der Waals surface area contributed by atoms with E-state index in [0.717, 1.165) is 38.9 Å². The Morgan fingerprint density at radius 1 is 1.35 bits per heavy atom. The minimum absolute atomic E-state index is 0. The first-order chi connectivity index (χ1) is 9.24. The highest BCUT2D eigenvalue weighted by Crippen LogP contribution is 2.09. The number of aliphatic imine (C=N–C) groups is 1. The molecule has 0 saturated carbocycles. The van der Waals surface area contributed by atoms with Crippen LogP contribution in [0, 0.1) is 0 Å². The van der Waals surface area contributed by atoms with Crippen molar-refractivity contribution in [2.24, 2.45) is 10.7 Å². The van der Waals surface area contributed by atoms with Crippen molar-refractivity contribution in [2.45, 2.75) is 51.9 Å². The monoisotopic (exact) mass is 396 g/mol. The zero-order valence-corrected chi connectivity index (χ0v) is 14.9. The van der Waals surface area contributed by atoms with Gasteiger partial charge in [-0.1, -0.05) is 26.2 Å². The molecule has 0 bridgehead atoms. The summed E-state index contributed by atoms with van der Waals surface area (Å²) in [4.78, 5) is 17.6. The molecule has 20 heavy (non-hydrogen) atoms. The van der Waals surface area contributed by atoms with Crippen LogP contribution in [0.1, 0.15) is 51.9 Å². The van der Waals surface area contributed by atoms with Crippen molar-refractivity contribution in [1.82, 2.24) is 10.2 Å². The molecule has 0 aromatic carbocycles. The van der Waals surface area contributed by atoms with Crippen LogP contribution in [0.15, 0.2) is 4.99 Å². The number of carbonyl (C=O) groups excluding carboxylic acids is 1. The molecule has 118 valence electrons. The summed E-state index contributed by atoms with van der Waals surface area (Å²) in [5.74, 6) is 0.815. The van der Waals surface area contributed by atoms with Gasteiger partial charge in [-0.3, -0.25) is 9.79 Å². The number of carbonyl (C=O) groups is 1. The molecule has 1 rings (SSSR count). The molecule has 1 amide bonds. The summed E-state index contributed by atoms with van der Waals surface area (Å²) in [7, 11) is 0. The minimum atomic E-state index is 0. The van der Waals surface area contributed by atoms with Crippen molar-refractivity contribution < 1.29 is 4.79 Å². The van der Waals surface area contributed by atoms with Gasteiger partial charge in [-0.15, -0.1) is 24.0 Å². The number of hydrogen-bond donors (Lipinski definition) is 2. The Kier molecular flexibility index (Phi) is 11.9. The molecule has 1 heterocycles. The van der Waals surface area contributed by atoms with E-state index in [-0.39, 0.29) is 29.9 Å². The smallest absolute Gasteiger partial charge is 0.222 e. The number of nitrogens with two attached hydrogens (primary N) is 1. The van der Waals surface area contributed by atoms with E-state index >= 15 is 0 Å². The minimum Gasteiger partial charge on any atom is -0.370 e. The van der Waals surface area contributed by atoms with Crippen LogP contribution in [-0.4, -0.2) is 42.9 Å². The fourth-order valence-electron chi connectivity index (χ4n) is 2.23. The first kappa shape index (κ1) is 19.5. The highest BCUT2D eigenvalue weighted by atomic mass is 127. The van der Waals surface area contributed by atoms with Crippen LogP contribution in [0.3, 0.4) is 0 Å². The predicted molar refractivity (Wildman–Crippen MR) is 94.5 cm³/mol. The Morgan fingerprint density at radius 2 is 2.15 bits per heavy atom. The standard InChI is InChI=1S/C14H28N4O.HI/c1-2-3-4-5-9-16-14(15)17-10-7-12-18-11-6-8-13(18)19;/h2-12H2,1H3,(H3,15,16,17);1H. The molecule has 6 heteroatoms. The molecule has 1 aliphatic heterocycles. The van der Waals surface area contributed by atoms with E-state index in [1.807, 2.05) is 4.90 Å². The predicted octanol–water partition coefficient (Wildman–Crippen LogP) is 2.10. The third-order valence-corrected chi connectivity index (χ3v) is 3.38. The lowest BCUT2D eigenvalue weighted by Gasteiger charge is -2.14. The second-order valence-electron chi connectivity index (χ2n) is 5.09. The topological polar surface area (TPSA) is 70.7 Å². The zero-order valence-electron chi connectivity index (χ0n) is 12.6. The van der Waals surface area contributed by atoms with Crippen LogP contribution in [-0.2, 0) is 4.79 Å². The second kappa shape index (κ2) is 12.2. The van der Waals surface area contributed by atoms with Crippen LogP contribution in [0.5, 0.6) is 0 Å². The Balaban J connectivity index is 0.00000361. The molecular weight excluding hydrogens is 367 g/mol. The van der Waals surface area contributed by atoms with Gasteiger partial charge in [0.1, 0.15) is 0 Å². The number of hydrogen-bond acceptors (Lipinski definition) is 2. The number of halogens is 1. The molecule has 1 saturated heterocycles. The van der Waals surface area contributed by atoms with Gasteiger partial charge in [0.25, 0.3) is 0 Å². The molecule has 0 unspecified atom stereocenters. The number of likely N-dealkylation sites (tertiary alicyclic amines) is 1. The highest BCUT2D eigenvalue weighted by molar-refractivity contribution is 14.0. The van der Waals surface area contributed by atoms with Gasteiger partial charge >= 0.3 is 0 Å². The van der Waals surface area contributed by atoms with Gasteiger partial charge in [0.05, 0.1) is 0 Å². The first-order valence-electron chi connectivity index (χ1n) is 7.55.